The summed E-state index contributed by atoms with van der Waals surface area (Å²) in [5.41, 5.74) is -0.518. The van der Waals surface area contributed by atoms with E-state index in [-0.39, 0.29) is 31.1 Å². The highest BCUT2D eigenvalue weighted by atomic mass is 32.2. The van der Waals surface area contributed by atoms with Crippen molar-refractivity contribution in [2.45, 2.75) is 17.9 Å². The van der Waals surface area contributed by atoms with E-state index < -0.39 is 56.7 Å². The van der Waals surface area contributed by atoms with Crippen LogP contribution in [0.3, 0.4) is 0 Å². The van der Waals surface area contributed by atoms with E-state index in [1.54, 1.807) is 4.90 Å². The Hall–Kier alpha value is -2.57. The third kappa shape index (κ3) is 4.70. The Balaban J connectivity index is 1.64. The Morgan fingerprint density at radius 3 is 2.13 bits per heavy atom. The molecule has 0 saturated carbocycles. The number of benzene rings is 2. The summed E-state index contributed by atoms with van der Waals surface area (Å²) in [4.78, 5) is 13.6. The number of carbonyl (C=O) groups excluding carboxylic acids is 1. The molecule has 2 aromatic carbocycles. The number of halogens is 5. The topological polar surface area (TPSA) is 69.7 Å². The van der Waals surface area contributed by atoms with Crippen LogP contribution in [0.15, 0.2) is 35.2 Å². The van der Waals surface area contributed by atoms with Crippen molar-refractivity contribution in [2.24, 2.45) is 0 Å². The van der Waals surface area contributed by atoms with Gasteiger partial charge in [0.2, 0.25) is 15.9 Å². The van der Waals surface area contributed by atoms with Crippen LogP contribution in [-0.2, 0) is 14.8 Å². The molecule has 1 amide bonds. The zero-order chi connectivity index (χ0) is 22.9. The lowest BCUT2D eigenvalue weighted by Gasteiger charge is -2.36. The first-order valence-corrected chi connectivity index (χ1v) is 10.6. The fourth-order valence-electron chi connectivity index (χ4n) is 3.14. The number of amides is 1. The van der Waals surface area contributed by atoms with Crippen molar-refractivity contribution in [1.29, 1.82) is 0 Å². The first-order valence-electron chi connectivity index (χ1n) is 9.16. The van der Waals surface area contributed by atoms with Crippen molar-refractivity contribution < 1.29 is 35.2 Å². The minimum Gasteiger partial charge on any atom is -0.322 e. The monoisotopic (exact) mass is 463 g/mol. The van der Waals surface area contributed by atoms with Crippen molar-refractivity contribution in [3.05, 3.63) is 59.4 Å². The van der Waals surface area contributed by atoms with Gasteiger partial charge in [-0.15, -0.1) is 0 Å². The van der Waals surface area contributed by atoms with Crippen LogP contribution in [0.5, 0.6) is 0 Å². The van der Waals surface area contributed by atoms with Gasteiger partial charge in [-0.3, -0.25) is 9.69 Å². The molecular weight excluding hydrogens is 445 g/mol. The molecule has 0 aliphatic carbocycles. The predicted octanol–water partition coefficient (Wildman–Crippen LogP) is 2.72. The molecule has 1 atom stereocenters. The minimum atomic E-state index is -4.06. The Morgan fingerprint density at radius 2 is 1.52 bits per heavy atom. The van der Waals surface area contributed by atoms with Crippen molar-refractivity contribution >= 4 is 21.6 Å². The summed E-state index contributed by atoms with van der Waals surface area (Å²) in [6.07, 6.45) is 0. The van der Waals surface area contributed by atoms with Crippen molar-refractivity contribution in [2.75, 3.05) is 31.5 Å². The summed E-state index contributed by atoms with van der Waals surface area (Å²) in [5.74, 6) is -7.76. The number of nitrogens with zero attached hydrogens (tertiary/aromatic N) is 2. The molecule has 1 aliphatic heterocycles. The maximum absolute atomic E-state index is 13.8. The molecular formula is C19H18F5N3O3S. The van der Waals surface area contributed by atoms with Crippen LogP contribution in [0.25, 0.3) is 0 Å². The number of hydrogen-bond acceptors (Lipinski definition) is 4. The van der Waals surface area contributed by atoms with Crippen molar-refractivity contribution in [3.63, 3.8) is 0 Å². The van der Waals surface area contributed by atoms with E-state index in [9.17, 15) is 35.2 Å². The zero-order valence-electron chi connectivity index (χ0n) is 16.2. The SMILES string of the molecule is CC(C(=O)Nc1ccc(F)c(F)c1F)N1CCN(S(=O)(=O)c2ccc(F)c(F)c2)CC1. The fourth-order valence-corrected chi connectivity index (χ4v) is 4.58. The summed E-state index contributed by atoms with van der Waals surface area (Å²) in [5, 5.41) is 2.18. The van der Waals surface area contributed by atoms with Gasteiger partial charge in [-0.1, -0.05) is 0 Å². The van der Waals surface area contributed by atoms with E-state index in [1.807, 2.05) is 0 Å². The van der Waals surface area contributed by atoms with Crippen LogP contribution < -0.4 is 5.32 Å². The van der Waals surface area contributed by atoms with Crippen LogP contribution in [-0.4, -0.2) is 55.8 Å². The van der Waals surface area contributed by atoms with E-state index in [2.05, 4.69) is 5.32 Å². The lowest BCUT2D eigenvalue weighted by molar-refractivity contribution is -0.121. The maximum atomic E-state index is 13.8. The van der Waals surface area contributed by atoms with Gasteiger partial charge >= 0.3 is 0 Å². The van der Waals surface area contributed by atoms with Gasteiger partial charge in [-0.2, -0.15) is 4.31 Å². The van der Waals surface area contributed by atoms with E-state index in [4.69, 9.17) is 0 Å². The van der Waals surface area contributed by atoms with Gasteiger partial charge in [0.25, 0.3) is 0 Å². The molecule has 1 unspecified atom stereocenters. The smallest absolute Gasteiger partial charge is 0.243 e. The largest absolute Gasteiger partial charge is 0.322 e. The average Bonchev–Trinajstić information content (AvgIpc) is 2.75. The summed E-state index contributed by atoms with van der Waals surface area (Å²) < 4.78 is 92.9. The average molecular weight is 463 g/mol. The van der Waals surface area contributed by atoms with Crippen molar-refractivity contribution in [1.82, 2.24) is 9.21 Å². The minimum absolute atomic E-state index is 0.0293. The number of hydrogen-bond donors (Lipinski definition) is 1. The van der Waals surface area contributed by atoms with Crippen LogP contribution in [0, 0.1) is 29.1 Å². The second kappa shape index (κ2) is 8.89. The summed E-state index contributed by atoms with van der Waals surface area (Å²) in [7, 11) is -4.06. The van der Waals surface area contributed by atoms with Gasteiger partial charge in [-0.25, -0.2) is 30.4 Å². The first kappa shape index (κ1) is 23.1. The second-order valence-corrected chi connectivity index (χ2v) is 8.84. The van der Waals surface area contributed by atoms with Gasteiger partial charge in [-0.05, 0) is 37.3 Å². The highest BCUT2D eigenvalue weighted by molar-refractivity contribution is 7.89. The second-order valence-electron chi connectivity index (χ2n) is 6.90. The lowest BCUT2D eigenvalue weighted by atomic mass is 10.2. The zero-order valence-corrected chi connectivity index (χ0v) is 17.0. The molecule has 2 aromatic rings. The van der Waals surface area contributed by atoms with Crippen LogP contribution >= 0.6 is 0 Å². The van der Waals surface area contributed by atoms with Crippen LogP contribution in [0.2, 0.25) is 0 Å². The number of piperazine rings is 1. The number of carbonyl (C=O) groups is 1. The van der Waals surface area contributed by atoms with Crippen LogP contribution in [0.1, 0.15) is 6.92 Å². The Morgan fingerprint density at radius 1 is 0.903 bits per heavy atom. The van der Waals surface area contributed by atoms with E-state index in [0.29, 0.717) is 12.1 Å². The molecule has 3 rings (SSSR count). The fraction of sp³-hybridized carbons (Fsp3) is 0.316. The molecule has 1 aliphatic rings. The molecule has 1 N–H and O–H groups in total. The molecule has 0 radical (unpaired) electrons. The van der Waals surface area contributed by atoms with E-state index >= 15 is 0 Å². The van der Waals surface area contributed by atoms with Gasteiger partial charge in [0.15, 0.2) is 29.1 Å². The molecule has 1 saturated heterocycles. The third-order valence-corrected chi connectivity index (χ3v) is 6.92. The molecule has 168 valence electrons. The van der Waals surface area contributed by atoms with Crippen LogP contribution in [0.4, 0.5) is 27.6 Å². The summed E-state index contributed by atoms with van der Waals surface area (Å²) >= 11 is 0. The van der Waals surface area contributed by atoms with Crippen molar-refractivity contribution in [3.8, 4) is 0 Å². The van der Waals surface area contributed by atoms with Gasteiger partial charge < -0.3 is 5.32 Å². The van der Waals surface area contributed by atoms with Gasteiger partial charge in [0, 0.05) is 26.2 Å². The molecule has 31 heavy (non-hydrogen) atoms. The normalized spacial score (nSPS) is 16.8. The number of sulfonamides is 1. The summed E-state index contributed by atoms with van der Waals surface area (Å²) in [6, 6.07) is 3.03. The highest BCUT2D eigenvalue weighted by Gasteiger charge is 2.32. The number of anilines is 1. The molecule has 6 nitrogen and oxygen atoms in total. The predicted molar refractivity (Wildman–Crippen MR) is 101 cm³/mol. The Labute approximate surface area is 175 Å². The highest BCUT2D eigenvalue weighted by Crippen LogP contribution is 2.22. The van der Waals surface area contributed by atoms with E-state index in [1.165, 1.54) is 6.92 Å². The lowest BCUT2D eigenvalue weighted by Crippen LogP contribution is -2.53. The Kier molecular flexibility index (Phi) is 6.62. The Bertz CT molecular complexity index is 1110. The molecule has 0 bridgehead atoms. The third-order valence-electron chi connectivity index (χ3n) is 5.02. The molecule has 1 heterocycles. The number of rotatable bonds is 5. The molecule has 0 aromatic heterocycles. The first-order chi connectivity index (χ1) is 14.5. The van der Waals surface area contributed by atoms with Gasteiger partial charge in [0.1, 0.15) is 0 Å². The number of nitrogens with one attached hydrogen (secondary N) is 1. The molecule has 12 heteroatoms. The quantitative estimate of drug-likeness (QED) is 0.547. The molecule has 0 spiro atoms. The van der Waals surface area contributed by atoms with Gasteiger partial charge in [0.05, 0.1) is 16.6 Å². The standard InChI is InChI=1S/C19H18F5N3O3S/c1-11(19(28)25-16-5-4-14(21)17(23)18(16)24)26-6-8-27(9-7-26)31(29,30)12-2-3-13(20)15(22)10-12/h2-5,10-11H,6-9H2,1H3,(H,25,28). The molecule has 1 fully saturated rings. The summed E-state index contributed by atoms with van der Waals surface area (Å²) in [6.45, 7) is 1.68. The van der Waals surface area contributed by atoms with E-state index in [0.717, 1.165) is 22.5 Å². The maximum Gasteiger partial charge on any atom is 0.243 e.